The van der Waals surface area contributed by atoms with Crippen LogP contribution >= 0.6 is 0 Å². The van der Waals surface area contributed by atoms with E-state index in [-0.39, 0.29) is 0 Å². The molecule has 0 unspecified atom stereocenters. The third-order valence-corrected chi connectivity index (χ3v) is 2.71. The van der Waals surface area contributed by atoms with Gasteiger partial charge in [0.2, 0.25) is 0 Å². The first-order valence-electron chi connectivity index (χ1n) is 5.97. The van der Waals surface area contributed by atoms with Crippen molar-refractivity contribution in [2.45, 2.75) is 34.1 Å². The molecule has 94 valence electrons. The number of carbonyl (C=O) groups is 1. The van der Waals surface area contributed by atoms with E-state index in [0.717, 1.165) is 30.8 Å². The van der Waals surface area contributed by atoms with Crippen molar-refractivity contribution in [1.82, 2.24) is 4.98 Å². The molecule has 1 heterocycles. The summed E-state index contributed by atoms with van der Waals surface area (Å²) in [6.07, 6.45) is 0.974. The van der Waals surface area contributed by atoms with Crippen LogP contribution in [0.3, 0.4) is 0 Å². The van der Waals surface area contributed by atoms with Gasteiger partial charge >= 0.3 is 5.97 Å². The van der Waals surface area contributed by atoms with E-state index < -0.39 is 5.97 Å². The lowest BCUT2D eigenvalue weighted by atomic mass is 10.1. The Labute approximate surface area is 102 Å². The Hall–Kier alpha value is -1.58. The maximum Gasteiger partial charge on any atom is 0.339 e. The van der Waals surface area contributed by atoms with Gasteiger partial charge in [-0.15, -0.1) is 0 Å². The van der Waals surface area contributed by atoms with E-state index in [2.05, 4.69) is 11.9 Å². The molecule has 4 nitrogen and oxygen atoms in total. The van der Waals surface area contributed by atoms with Gasteiger partial charge in [-0.05, 0) is 38.8 Å². The molecule has 0 bridgehead atoms. The molecule has 0 aliphatic carbocycles. The largest absolute Gasteiger partial charge is 0.478 e. The minimum absolute atomic E-state index is 0.325. The van der Waals surface area contributed by atoms with Crippen LogP contribution in [0.1, 0.15) is 41.9 Å². The number of aromatic nitrogens is 1. The zero-order valence-corrected chi connectivity index (χ0v) is 10.9. The van der Waals surface area contributed by atoms with E-state index in [0.29, 0.717) is 11.4 Å². The number of pyridine rings is 1. The van der Waals surface area contributed by atoms with Gasteiger partial charge in [-0.2, -0.15) is 0 Å². The van der Waals surface area contributed by atoms with Crippen LogP contribution in [0.4, 0.5) is 5.82 Å². The quantitative estimate of drug-likeness (QED) is 0.853. The fourth-order valence-electron chi connectivity index (χ4n) is 1.99. The maximum atomic E-state index is 11.3. The first-order valence-corrected chi connectivity index (χ1v) is 5.97. The van der Waals surface area contributed by atoms with Gasteiger partial charge in [0.25, 0.3) is 0 Å². The summed E-state index contributed by atoms with van der Waals surface area (Å²) >= 11 is 0. The van der Waals surface area contributed by atoms with E-state index in [1.54, 1.807) is 0 Å². The summed E-state index contributed by atoms with van der Waals surface area (Å²) in [5, 5.41) is 9.28. The molecule has 0 fully saturated rings. The summed E-state index contributed by atoms with van der Waals surface area (Å²) < 4.78 is 0. The second-order valence-corrected chi connectivity index (χ2v) is 4.16. The van der Waals surface area contributed by atoms with Crippen molar-refractivity contribution in [1.29, 1.82) is 0 Å². The fraction of sp³-hybridized carbons (Fsp3) is 0.538. The van der Waals surface area contributed by atoms with E-state index in [1.165, 1.54) is 0 Å². The predicted molar refractivity (Wildman–Crippen MR) is 68.8 cm³/mol. The van der Waals surface area contributed by atoms with Gasteiger partial charge in [0.05, 0.1) is 0 Å². The highest BCUT2D eigenvalue weighted by Crippen LogP contribution is 2.22. The number of hydrogen-bond acceptors (Lipinski definition) is 3. The molecule has 0 atom stereocenters. The zero-order valence-electron chi connectivity index (χ0n) is 10.9. The Bertz CT molecular complexity index is 416. The topological polar surface area (TPSA) is 53.4 Å². The third-order valence-electron chi connectivity index (χ3n) is 2.71. The van der Waals surface area contributed by atoms with Crippen LogP contribution in [0, 0.1) is 13.8 Å². The van der Waals surface area contributed by atoms with E-state index >= 15 is 0 Å². The molecule has 1 aromatic rings. The Balaban J connectivity index is 3.32. The van der Waals surface area contributed by atoms with Crippen molar-refractivity contribution >= 4 is 11.8 Å². The number of aryl methyl sites for hydroxylation is 2. The molecule has 17 heavy (non-hydrogen) atoms. The number of carboxylic acid groups (broad SMARTS) is 1. The first-order chi connectivity index (χ1) is 8.01. The molecule has 1 N–H and O–H groups in total. The molecule has 0 saturated carbocycles. The normalized spacial score (nSPS) is 10.4. The Morgan fingerprint density at radius 1 is 1.41 bits per heavy atom. The zero-order chi connectivity index (χ0) is 13.0. The van der Waals surface area contributed by atoms with Gasteiger partial charge in [-0.1, -0.05) is 6.92 Å². The van der Waals surface area contributed by atoms with Crippen molar-refractivity contribution < 1.29 is 9.90 Å². The summed E-state index contributed by atoms with van der Waals surface area (Å²) in [6.45, 7) is 9.40. The van der Waals surface area contributed by atoms with Crippen molar-refractivity contribution in [3.05, 3.63) is 22.9 Å². The lowest BCUT2D eigenvalue weighted by molar-refractivity contribution is 0.0696. The molecule has 0 amide bonds. The van der Waals surface area contributed by atoms with Crippen LogP contribution in [0.25, 0.3) is 0 Å². The average Bonchev–Trinajstić information content (AvgIpc) is 2.23. The molecule has 0 aromatic carbocycles. The second kappa shape index (κ2) is 5.66. The molecule has 0 radical (unpaired) electrons. The van der Waals surface area contributed by atoms with Crippen molar-refractivity contribution in [2.24, 2.45) is 0 Å². The monoisotopic (exact) mass is 236 g/mol. The van der Waals surface area contributed by atoms with Crippen LogP contribution in [0.15, 0.2) is 6.07 Å². The number of nitrogens with zero attached hydrogens (tertiary/aromatic N) is 2. The van der Waals surface area contributed by atoms with Crippen molar-refractivity contribution in [2.75, 3.05) is 18.0 Å². The van der Waals surface area contributed by atoms with Gasteiger partial charge in [0, 0.05) is 18.8 Å². The molecule has 0 spiro atoms. The molecular formula is C13H20N2O2. The molecule has 0 aliphatic rings. The fourth-order valence-corrected chi connectivity index (χ4v) is 1.99. The van der Waals surface area contributed by atoms with Crippen LogP contribution in [0.5, 0.6) is 0 Å². The lowest BCUT2D eigenvalue weighted by Crippen LogP contribution is -2.27. The van der Waals surface area contributed by atoms with Gasteiger partial charge in [-0.3, -0.25) is 0 Å². The summed E-state index contributed by atoms with van der Waals surface area (Å²) in [6, 6.07) is 1.81. The molecule has 0 saturated heterocycles. The lowest BCUT2D eigenvalue weighted by Gasteiger charge is -2.24. The summed E-state index contributed by atoms with van der Waals surface area (Å²) in [5.41, 5.74) is 1.96. The minimum atomic E-state index is -0.903. The smallest absolute Gasteiger partial charge is 0.339 e. The minimum Gasteiger partial charge on any atom is -0.478 e. The first kappa shape index (κ1) is 13.5. The van der Waals surface area contributed by atoms with E-state index in [9.17, 15) is 9.90 Å². The van der Waals surface area contributed by atoms with Crippen molar-refractivity contribution in [3.8, 4) is 0 Å². The van der Waals surface area contributed by atoms with Gasteiger partial charge in [-0.25, -0.2) is 9.78 Å². The molecule has 0 aliphatic heterocycles. The predicted octanol–water partition coefficient (Wildman–Crippen LogP) is 2.63. The Kier molecular flexibility index (Phi) is 4.49. The summed E-state index contributed by atoms with van der Waals surface area (Å²) in [7, 11) is 0. The SMILES string of the molecule is CCCN(CC)c1nc(C)cc(C)c1C(=O)O. The summed E-state index contributed by atoms with van der Waals surface area (Å²) in [4.78, 5) is 17.7. The number of rotatable bonds is 5. The highest BCUT2D eigenvalue weighted by molar-refractivity contribution is 5.95. The van der Waals surface area contributed by atoms with Gasteiger partial charge in [0.15, 0.2) is 0 Å². The molecule has 4 heteroatoms. The Morgan fingerprint density at radius 2 is 2.06 bits per heavy atom. The van der Waals surface area contributed by atoms with Crippen LogP contribution in [-0.2, 0) is 0 Å². The molecule has 1 aromatic heterocycles. The average molecular weight is 236 g/mol. The van der Waals surface area contributed by atoms with Crippen molar-refractivity contribution in [3.63, 3.8) is 0 Å². The van der Waals surface area contributed by atoms with E-state index in [1.807, 2.05) is 31.7 Å². The van der Waals surface area contributed by atoms with Crippen LogP contribution in [0.2, 0.25) is 0 Å². The standard InChI is InChI=1S/C13H20N2O2/c1-5-7-15(6-2)12-11(13(16)17)9(3)8-10(4)14-12/h8H,5-7H2,1-4H3,(H,16,17). The number of hydrogen-bond donors (Lipinski definition) is 1. The van der Waals surface area contributed by atoms with Gasteiger partial charge in [0.1, 0.15) is 11.4 Å². The number of carboxylic acids is 1. The maximum absolute atomic E-state index is 11.3. The number of anilines is 1. The highest BCUT2D eigenvalue weighted by Gasteiger charge is 2.19. The summed E-state index contributed by atoms with van der Waals surface area (Å²) in [5.74, 6) is -0.307. The Morgan fingerprint density at radius 3 is 2.53 bits per heavy atom. The van der Waals surface area contributed by atoms with Crippen LogP contribution in [-0.4, -0.2) is 29.1 Å². The second-order valence-electron chi connectivity index (χ2n) is 4.16. The highest BCUT2D eigenvalue weighted by atomic mass is 16.4. The van der Waals surface area contributed by atoms with E-state index in [4.69, 9.17) is 0 Å². The van der Waals surface area contributed by atoms with Crippen LogP contribution < -0.4 is 4.90 Å². The number of aromatic carboxylic acids is 1. The third kappa shape index (κ3) is 2.96. The van der Waals surface area contributed by atoms with Gasteiger partial charge < -0.3 is 10.0 Å². The molecular weight excluding hydrogens is 216 g/mol. The molecule has 1 rings (SSSR count).